The van der Waals surface area contributed by atoms with Gasteiger partial charge in [-0.05, 0) is 50.5 Å². The van der Waals surface area contributed by atoms with E-state index in [-0.39, 0.29) is 6.10 Å². The molecule has 24 heavy (non-hydrogen) atoms. The minimum Gasteiger partial charge on any atom is -0.391 e. The lowest BCUT2D eigenvalue weighted by molar-refractivity contribution is 0.154. The Morgan fingerprint density at radius 3 is 2.88 bits per heavy atom. The zero-order chi connectivity index (χ0) is 17.1. The molecule has 0 saturated carbocycles. The van der Waals surface area contributed by atoms with Crippen molar-refractivity contribution in [3.8, 4) is 0 Å². The van der Waals surface area contributed by atoms with Crippen LogP contribution in [0.1, 0.15) is 29.8 Å². The molecule has 2 aromatic rings. The summed E-state index contributed by atoms with van der Waals surface area (Å²) in [6, 6.07) is 6.07. The molecule has 0 aromatic carbocycles. The summed E-state index contributed by atoms with van der Waals surface area (Å²) in [7, 11) is 1.98. The van der Waals surface area contributed by atoms with Gasteiger partial charge < -0.3 is 14.9 Å². The number of β-amino-alcohol motifs (C(OH)–C–C–N with tert-alkyl or cyclic N) is 1. The molecule has 6 heteroatoms. The first kappa shape index (κ1) is 16.6. The molecule has 6 nitrogen and oxygen atoms in total. The molecule has 3 rings (SSSR count). The number of piperidine rings is 1. The average molecular weight is 327 g/mol. The monoisotopic (exact) mass is 327 g/mol. The molecule has 1 aliphatic heterocycles. The highest BCUT2D eigenvalue weighted by Crippen LogP contribution is 2.20. The van der Waals surface area contributed by atoms with E-state index < -0.39 is 0 Å². The van der Waals surface area contributed by atoms with E-state index in [0.717, 1.165) is 36.6 Å². The minimum absolute atomic E-state index is 0.269. The molecule has 1 fully saturated rings. The predicted octanol–water partition coefficient (Wildman–Crippen LogP) is 2.09. The van der Waals surface area contributed by atoms with E-state index >= 15 is 0 Å². The lowest BCUT2D eigenvalue weighted by Crippen LogP contribution is -2.38. The summed E-state index contributed by atoms with van der Waals surface area (Å²) < 4.78 is 0. The van der Waals surface area contributed by atoms with Crippen molar-refractivity contribution in [1.82, 2.24) is 15.0 Å². The molecule has 1 saturated heterocycles. The quantitative estimate of drug-likeness (QED) is 0.927. The molecule has 1 aliphatic rings. The van der Waals surface area contributed by atoms with Crippen molar-refractivity contribution < 1.29 is 5.11 Å². The van der Waals surface area contributed by atoms with Crippen molar-refractivity contribution in [3.05, 3.63) is 41.3 Å². The van der Waals surface area contributed by atoms with Crippen LogP contribution < -0.4 is 9.80 Å². The summed E-state index contributed by atoms with van der Waals surface area (Å²) in [6.07, 6.45) is 3.37. The molecule has 3 heterocycles. The third-order valence-electron chi connectivity index (χ3n) is 4.24. The van der Waals surface area contributed by atoms with Gasteiger partial charge in [0.2, 0.25) is 5.95 Å². The van der Waals surface area contributed by atoms with Gasteiger partial charge in [-0.1, -0.05) is 0 Å². The Balaban J connectivity index is 1.75. The lowest BCUT2D eigenvalue weighted by atomic mass is 10.1. The molecular formula is C18H25N5O. The van der Waals surface area contributed by atoms with Gasteiger partial charge in [0.1, 0.15) is 5.82 Å². The van der Waals surface area contributed by atoms with Crippen LogP contribution in [0.25, 0.3) is 0 Å². The largest absolute Gasteiger partial charge is 0.391 e. The highest BCUT2D eigenvalue weighted by Gasteiger charge is 2.19. The fourth-order valence-corrected chi connectivity index (χ4v) is 3.18. The van der Waals surface area contributed by atoms with Crippen LogP contribution in [0.4, 0.5) is 11.8 Å². The molecule has 1 N–H and O–H groups in total. The van der Waals surface area contributed by atoms with E-state index in [1.807, 2.05) is 24.9 Å². The third kappa shape index (κ3) is 4.00. The van der Waals surface area contributed by atoms with Gasteiger partial charge in [-0.2, -0.15) is 4.98 Å². The zero-order valence-corrected chi connectivity index (χ0v) is 14.6. The second-order valence-electron chi connectivity index (χ2n) is 6.59. The Morgan fingerprint density at radius 2 is 2.12 bits per heavy atom. The zero-order valence-electron chi connectivity index (χ0n) is 14.6. The SMILES string of the molecule is Cc1cc(C)nc(CN(C)c2nccc(N3CCC[C@H](O)C3)n2)c1. The van der Waals surface area contributed by atoms with Crippen molar-refractivity contribution in [2.45, 2.75) is 39.3 Å². The van der Waals surface area contributed by atoms with E-state index in [2.05, 4.69) is 38.9 Å². The van der Waals surface area contributed by atoms with Gasteiger partial charge in [0, 0.05) is 32.0 Å². The number of aliphatic hydroxyl groups is 1. The molecular weight excluding hydrogens is 302 g/mol. The number of hydrogen-bond donors (Lipinski definition) is 1. The number of rotatable bonds is 4. The maximum atomic E-state index is 9.86. The second-order valence-corrected chi connectivity index (χ2v) is 6.59. The molecule has 0 aliphatic carbocycles. The van der Waals surface area contributed by atoms with Gasteiger partial charge >= 0.3 is 0 Å². The van der Waals surface area contributed by atoms with E-state index in [1.54, 1.807) is 6.20 Å². The van der Waals surface area contributed by atoms with Crippen LogP contribution in [-0.2, 0) is 6.54 Å². The lowest BCUT2D eigenvalue weighted by Gasteiger charge is -2.31. The van der Waals surface area contributed by atoms with Crippen LogP contribution in [0.2, 0.25) is 0 Å². The van der Waals surface area contributed by atoms with Gasteiger partial charge in [0.15, 0.2) is 0 Å². The summed E-state index contributed by atoms with van der Waals surface area (Å²) in [6.45, 7) is 6.31. The van der Waals surface area contributed by atoms with E-state index in [9.17, 15) is 5.11 Å². The van der Waals surface area contributed by atoms with Gasteiger partial charge in [-0.15, -0.1) is 0 Å². The highest BCUT2D eigenvalue weighted by molar-refractivity contribution is 5.44. The smallest absolute Gasteiger partial charge is 0.227 e. The van der Waals surface area contributed by atoms with Crippen LogP contribution in [0, 0.1) is 13.8 Å². The molecule has 0 spiro atoms. The normalized spacial score (nSPS) is 17.8. The first-order chi connectivity index (χ1) is 11.5. The predicted molar refractivity (Wildman–Crippen MR) is 95.3 cm³/mol. The molecule has 0 amide bonds. The molecule has 0 unspecified atom stereocenters. The second kappa shape index (κ2) is 7.13. The molecule has 128 valence electrons. The Kier molecular flexibility index (Phi) is 4.94. The van der Waals surface area contributed by atoms with Crippen molar-refractivity contribution in [1.29, 1.82) is 0 Å². The number of hydrogen-bond acceptors (Lipinski definition) is 6. The van der Waals surface area contributed by atoms with Crippen LogP contribution >= 0.6 is 0 Å². The van der Waals surface area contributed by atoms with Crippen molar-refractivity contribution in [3.63, 3.8) is 0 Å². The number of aliphatic hydroxyl groups excluding tert-OH is 1. The van der Waals surface area contributed by atoms with E-state index in [1.165, 1.54) is 5.56 Å². The van der Waals surface area contributed by atoms with Crippen LogP contribution in [-0.4, -0.2) is 46.3 Å². The number of anilines is 2. The number of nitrogens with zero attached hydrogens (tertiary/aromatic N) is 5. The van der Waals surface area contributed by atoms with Crippen molar-refractivity contribution in [2.24, 2.45) is 0 Å². The average Bonchev–Trinajstić information content (AvgIpc) is 2.54. The van der Waals surface area contributed by atoms with E-state index in [0.29, 0.717) is 19.0 Å². The van der Waals surface area contributed by atoms with Gasteiger partial charge in [-0.3, -0.25) is 4.98 Å². The summed E-state index contributed by atoms with van der Waals surface area (Å²) >= 11 is 0. The highest BCUT2D eigenvalue weighted by atomic mass is 16.3. The first-order valence-corrected chi connectivity index (χ1v) is 8.42. The van der Waals surface area contributed by atoms with Crippen molar-refractivity contribution in [2.75, 3.05) is 29.9 Å². The molecule has 0 radical (unpaired) electrons. The van der Waals surface area contributed by atoms with Crippen LogP contribution in [0.15, 0.2) is 24.4 Å². The summed E-state index contributed by atoms with van der Waals surface area (Å²) in [4.78, 5) is 17.8. The maximum Gasteiger partial charge on any atom is 0.227 e. The Labute approximate surface area is 143 Å². The van der Waals surface area contributed by atoms with Gasteiger partial charge in [0.05, 0.1) is 18.3 Å². The minimum atomic E-state index is -0.269. The Bertz CT molecular complexity index is 685. The maximum absolute atomic E-state index is 9.86. The van der Waals surface area contributed by atoms with Gasteiger partial charge in [0.25, 0.3) is 0 Å². The Morgan fingerprint density at radius 1 is 1.29 bits per heavy atom. The van der Waals surface area contributed by atoms with Crippen LogP contribution in [0.5, 0.6) is 0 Å². The fraction of sp³-hybridized carbons (Fsp3) is 0.500. The summed E-state index contributed by atoms with van der Waals surface area (Å²) in [5, 5.41) is 9.86. The molecule has 0 bridgehead atoms. The van der Waals surface area contributed by atoms with Gasteiger partial charge in [-0.25, -0.2) is 4.98 Å². The standard InChI is InChI=1S/C18H25N5O/c1-13-9-14(2)20-15(10-13)11-22(3)18-19-7-6-17(21-18)23-8-4-5-16(24)12-23/h6-7,9-10,16,24H,4-5,8,11-12H2,1-3H3/t16-/m0/s1. The van der Waals surface area contributed by atoms with Crippen LogP contribution in [0.3, 0.4) is 0 Å². The number of aromatic nitrogens is 3. The number of pyridine rings is 1. The van der Waals surface area contributed by atoms with Crippen molar-refractivity contribution >= 4 is 11.8 Å². The topological polar surface area (TPSA) is 65.4 Å². The number of aryl methyl sites for hydroxylation is 2. The third-order valence-corrected chi connectivity index (χ3v) is 4.24. The molecule has 2 aromatic heterocycles. The summed E-state index contributed by atoms with van der Waals surface area (Å²) in [5.41, 5.74) is 3.25. The van der Waals surface area contributed by atoms with E-state index in [4.69, 9.17) is 0 Å². The Hall–Kier alpha value is -2.21. The summed E-state index contributed by atoms with van der Waals surface area (Å²) in [5.74, 6) is 1.55. The fourth-order valence-electron chi connectivity index (χ4n) is 3.18. The molecule has 1 atom stereocenters. The first-order valence-electron chi connectivity index (χ1n) is 8.42.